The van der Waals surface area contributed by atoms with Gasteiger partial charge in [0.05, 0.1) is 6.10 Å². The van der Waals surface area contributed by atoms with Gasteiger partial charge in [-0.05, 0) is 44.1 Å². The van der Waals surface area contributed by atoms with Gasteiger partial charge in [0.15, 0.2) is 16.6 Å². The van der Waals surface area contributed by atoms with E-state index in [2.05, 4.69) is 16.2 Å². The molecule has 1 saturated heterocycles. The molecule has 18 heavy (non-hydrogen) atoms. The molecule has 102 valence electrons. The smallest absolute Gasteiger partial charge is 0.198 e. The predicted molar refractivity (Wildman–Crippen MR) is 77.5 cm³/mol. The molecule has 1 atom stereocenters. The summed E-state index contributed by atoms with van der Waals surface area (Å²) in [5.41, 5.74) is 5.91. The lowest BCUT2D eigenvalue weighted by Crippen LogP contribution is -2.35. The van der Waals surface area contributed by atoms with E-state index >= 15 is 0 Å². The summed E-state index contributed by atoms with van der Waals surface area (Å²) in [6.07, 6.45) is 3.96. The van der Waals surface area contributed by atoms with Gasteiger partial charge in [0.25, 0.3) is 0 Å². The SMILES string of the molecule is CCC1CCCN(c2snc(N)c2OC(C)C)C1. The van der Waals surface area contributed by atoms with Crippen molar-refractivity contribution in [2.45, 2.75) is 46.1 Å². The summed E-state index contributed by atoms with van der Waals surface area (Å²) in [6.45, 7) is 8.50. The second-order valence-electron chi connectivity index (χ2n) is 5.23. The molecule has 1 aromatic rings. The number of nitrogens with two attached hydrogens (primary N) is 1. The summed E-state index contributed by atoms with van der Waals surface area (Å²) in [5.74, 6) is 2.10. The third kappa shape index (κ3) is 2.88. The summed E-state index contributed by atoms with van der Waals surface area (Å²) < 4.78 is 10.1. The summed E-state index contributed by atoms with van der Waals surface area (Å²) >= 11 is 1.46. The number of aromatic nitrogens is 1. The van der Waals surface area contributed by atoms with Gasteiger partial charge in [-0.2, -0.15) is 4.37 Å². The molecule has 2 N–H and O–H groups in total. The zero-order valence-corrected chi connectivity index (χ0v) is 12.3. The van der Waals surface area contributed by atoms with E-state index in [4.69, 9.17) is 10.5 Å². The van der Waals surface area contributed by atoms with Crippen molar-refractivity contribution in [2.24, 2.45) is 5.92 Å². The number of hydrogen-bond acceptors (Lipinski definition) is 5. The van der Waals surface area contributed by atoms with Crippen molar-refractivity contribution in [3.05, 3.63) is 0 Å². The standard InChI is InChI=1S/C13H23N3OS/c1-4-10-6-5-7-16(8-10)13-11(17-9(2)3)12(14)15-18-13/h9-10H,4-8H2,1-3H3,(H2,14,15). The van der Waals surface area contributed by atoms with Crippen LogP contribution in [0, 0.1) is 5.92 Å². The zero-order valence-electron chi connectivity index (χ0n) is 11.5. The van der Waals surface area contributed by atoms with Crippen LogP contribution >= 0.6 is 11.5 Å². The van der Waals surface area contributed by atoms with E-state index in [1.54, 1.807) is 0 Å². The van der Waals surface area contributed by atoms with Gasteiger partial charge in [0.2, 0.25) is 0 Å². The van der Waals surface area contributed by atoms with Gasteiger partial charge in [0.1, 0.15) is 0 Å². The van der Waals surface area contributed by atoms with Crippen LogP contribution < -0.4 is 15.4 Å². The second-order valence-corrected chi connectivity index (χ2v) is 5.98. The van der Waals surface area contributed by atoms with Crippen LogP contribution in [0.2, 0.25) is 0 Å². The van der Waals surface area contributed by atoms with E-state index in [1.807, 2.05) is 13.8 Å². The van der Waals surface area contributed by atoms with Gasteiger partial charge in [-0.15, -0.1) is 0 Å². The molecule has 1 aliphatic heterocycles. The molecule has 5 heteroatoms. The third-order valence-electron chi connectivity index (χ3n) is 3.39. The van der Waals surface area contributed by atoms with Gasteiger partial charge in [-0.1, -0.05) is 13.3 Å². The maximum Gasteiger partial charge on any atom is 0.198 e. The average Bonchev–Trinajstić information content (AvgIpc) is 2.71. The van der Waals surface area contributed by atoms with Crippen molar-refractivity contribution in [3.8, 4) is 5.75 Å². The summed E-state index contributed by atoms with van der Waals surface area (Å²) in [4.78, 5) is 2.39. The molecule has 0 aliphatic carbocycles. The first-order valence-electron chi connectivity index (χ1n) is 6.78. The van der Waals surface area contributed by atoms with E-state index in [9.17, 15) is 0 Å². The summed E-state index contributed by atoms with van der Waals surface area (Å²) in [7, 11) is 0. The van der Waals surface area contributed by atoms with Crippen LogP contribution in [-0.4, -0.2) is 23.6 Å². The first kappa shape index (κ1) is 13.5. The fourth-order valence-electron chi connectivity index (χ4n) is 2.42. The lowest BCUT2D eigenvalue weighted by Gasteiger charge is -2.33. The van der Waals surface area contributed by atoms with Crippen molar-refractivity contribution in [1.82, 2.24) is 4.37 Å². The largest absolute Gasteiger partial charge is 0.484 e. The normalized spacial score (nSPS) is 20.4. The molecule has 4 nitrogen and oxygen atoms in total. The Labute approximate surface area is 113 Å². The molecule has 0 amide bonds. The number of anilines is 2. The molecule has 0 radical (unpaired) electrons. The maximum atomic E-state index is 5.91. The predicted octanol–water partition coefficient (Wildman–Crippen LogP) is 3.14. The molecule has 0 spiro atoms. The fraction of sp³-hybridized carbons (Fsp3) is 0.769. The van der Waals surface area contributed by atoms with Crippen LogP contribution in [0.15, 0.2) is 0 Å². The van der Waals surface area contributed by atoms with Gasteiger partial charge in [-0.25, -0.2) is 0 Å². The van der Waals surface area contributed by atoms with Crippen LogP contribution in [-0.2, 0) is 0 Å². The maximum absolute atomic E-state index is 5.91. The number of nitrogens with zero attached hydrogens (tertiary/aromatic N) is 2. The average molecular weight is 269 g/mol. The van der Waals surface area contributed by atoms with Crippen molar-refractivity contribution in [2.75, 3.05) is 23.7 Å². The van der Waals surface area contributed by atoms with E-state index in [0.717, 1.165) is 29.8 Å². The van der Waals surface area contributed by atoms with E-state index in [-0.39, 0.29) is 6.10 Å². The molecule has 1 aromatic heterocycles. The molecule has 1 unspecified atom stereocenters. The Morgan fingerprint density at radius 1 is 1.56 bits per heavy atom. The molecule has 0 saturated carbocycles. The molecular weight excluding hydrogens is 246 g/mol. The van der Waals surface area contributed by atoms with Gasteiger partial charge in [-0.3, -0.25) is 0 Å². The van der Waals surface area contributed by atoms with Gasteiger partial charge >= 0.3 is 0 Å². The van der Waals surface area contributed by atoms with Crippen molar-refractivity contribution >= 4 is 22.4 Å². The minimum atomic E-state index is 0.134. The molecule has 2 heterocycles. The Hall–Kier alpha value is -0.970. The Balaban J connectivity index is 2.16. The lowest BCUT2D eigenvalue weighted by molar-refractivity contribution is 0.244. The zero-order chi connectivity index (χ0) is 13.1. The third-order valence-corrected chi connectivity index (χ3v) is 4.30. The van der Waals surface area contributed by atoms with Crippen LogP contribution in [0.25, 0.3) is 0 Å². The number of piperidine rings is 1. The van der Waals surface area contributed by atoms with Crippen molar-refractivity contribution in [1.29, 1.82) is 0 Å². The second kappa shape index (κ2) is 5.78. The van der Waals surface area contributed by atoms with Crippen LogP contribution in [0.5, 0.6) is 5.75 Å². The number of ether oxygens (including phenoxy) is 1. The highest BCUT2D eigenvalue weighted by Crippen LogP contribution is 2.40. The minimum Gasteiger partial charge on any atom is -0.484 e. The molecule has 0 bridgehead atoms. The highest BCUT2D eigenvalue weighted by molar-refractivity contribution is 7.11. The van der Waals surface area contributed by atoms with Crippen LogP contribution in [0.4, 0.5) is 10.8 Å². The van der Waals surface area contributed by atoms with Gasteiger partial charge < -0.3 is 15.4 Å². The summed E-state index contributed by atoms with van der Waals surface area (Å²) in [5, 5.41) is 1.11. The fourth-order valence-corrected chi connectivity index (χ4v) is 3.20. The molecular formula is C13H23N3OS. The highest BCUT2D eigenvalue weighted by Gasteiger charge is 2.25. The lowest BCUT2D eigenvalue weighted by atomic mass is 9.96. The molecule has 1 aliphatic rings. The summed E-state index contributed by atoms with van der Waals surface area (Å²) in [6, 6.07) is 0. The van der Waals surface area contributed by atoms with Crippen LogP contribution in [0.1, 0.15) is 40.0 Å². The van der Waals surface area contributed by atoms with Crippen molar-refractivity contribution in [3.63, 3.8) is 0 Å². The minimum absolute atomic E-state index is 0.134. The van der Waals surface area contributed by atoms with E-state index in [1.165, 1.54) is 30.8 Å². The molecule has 2 rings (SSSR count). The van der Waals surface area contributed by atoms with E-state index < -0.39 is 0 Å². The monoisotopic (exact) mass is 269 g/mol. The first-order valence-corrected chi connectivity index (χ1v) is 7.55. The Morgan fingerprint density at radius 2 is 2.33 bits per heavy atom. The topological polar surface area (TPSA) is 51.4 Å². The highest BCUT2D eigenvalue weighted by atomic mass is 32.1. The Morgan fingerprint density at radius 3 is 3.00 bits per heavy atom. The first-order chi connectivity index (χ1) is 8.61. The number of hydrogen-bond donors (Lipinski definition) is 1. The van der Waals surface area contributed by atoms with Crippen molar-refractivity contribution < 1.29 is 4.74 Å². The Kier molecular flexibility index (Phi) is 4.32. The molecule has 1 fully saturated rings. The number of rotatable bonds is 4. The van der Waals surface area contributed by atoms with Gasteiger partial charge in [0, 0.05) is 13.1 Å². The van der Waals surface area contributed by atoms with Crippen LogP contribution in [0.3, 0.4) is 0 Å². The molecule has 0 aromatic carbocycles. The Bertz CT molecular complexity index is 392. The quantitative estimate of drug-likeness (QED) is 0.912. The van der Waals surface area contributed by atoms with E-state index in [0.29, 0.717) is 5.82 Å². The number of nitrogen functional groups attached to an aromatic ring is 1.